The summed E-state index contributed by atoms with van der Waals surface area (Å²) in [6.45, 7) is 2.40. The fourth-order valence-corrected chi connectivity index (χ4v) is 9.71. The van der Waals surface area contributed by atoms with E-state index in [0.29, 0.717) is 35.1 Å². The van der Waals surface area contributed by atoms with E-state index >= 15 is 0 Å². The van der Waals surface area contributed by atoms with E-state index in [1.165, 1.54) is 107 Å². The second-order valence-electron chi connectivity index (χ2n) is 15.2. The zero-order valence-corrected chi connectivity index (χ0v) is 27.8. The molecule has 0 spiro atoms. The summed E-state index contributed by atoms with van der Waals surface area (Å²) in [5, 5.41) is 30.5. The van der Waals surface area contributed by atoms with Gasteiger partial charge in [-0.25, -0.2) is 0 Å². The van der Waals surface area contributed by atoms with Gasteiger partial charge in [0.05, 0.1) is 12.5 Å². The molecule has 248 valence electrons. The smallest absolute Gasteiger partial charge is 0.307 e. The first-order chi connectivity index (χ1) is 21.7. The molecule has 0 heterocycles. The van der Waals surface area contributed by atoms with Gasteiger partial charge in [0, 0.05) is 5.69 Å². The Balaban J connectivity index is 0.891. The first kappa shape index (κ1) is 33.8. The fourth-order valence-electron chi connectivity index (χ4n) is 9.71. The van der Waals surface area contributed by atoms with Crippen molar-refractivity contribution in [2.45, 2.75) is 147 Å². The molecule has 0 bridgehead atoms. The molecule has 0 aliphatic heterocycles. The standard InChI is InChI=1S/C40H59NO4/c1-40-21-20-35-34-19-17-33(42)26-30(34)16-18-36(35)37(40)27-31(39(40)45)15-13-11-9-7-5-3-2-4-6-8-10-12-14-28-22-29(25-38(43)44)24-32(41)23-28/h17,19,22-24,26,31,35-37,39,42,45H,2-16,18,20-21,25,27,41H2,1H3,(H,43,44)/t31-,35+,36+,37-,39-,40-/m0/s1. The second-order valence-corrected chi connectivity index (χ2v) is 15.2. The number of aryl methyl sites for hydroxylation is 2. The minimum Gasteiger partial charge on any atom is -0.508 e. The highest BCUT2D eigenvalue weighted by Gasteiger charge is 2.57. The number of aliphatic hydroxyl groups excluding tert-OH is 1. The van der Waals surface area contributed by atoms with E-state index in [0.717, 1.165) is 36.8 Å². The lowest BCUT2D eigenvalue weighted by Gasteiger charge is -2.50. The Bertz CT molecular complexity index is 1260. The Labute approximate surface area is 272 Å². The number of hydrogen-bond donors (Lipinski definition) is 4. The van der Waals surface area contributed by atoms with E-state index in [1.807, 2.05) is 24.3 Å². The second kappa shape index (κ2) is 15.8. The highest BCUT2D eigenvalue weighted by molar-refractivity contribution is 5.70. The summed E-state index contributed by atoms with van der Waals surface area (Å²) in [4.78, 5) is 11.0. The number of carbonyl (C=O) groups is 1. The van der Waals surface area contributed by atoms with Crippen LogP contribution in [0.2, 0.25) is 0 Å². The summed E-state index contributed by atoms with van der Waals surface area (Å²) in [7, 11) is 0. The number of phenolic OH excluding ortho intramolecular Hbond substituents is 1. The molecule has 0 radical (unpaired) electrons. The fraction of sp³-hybridized carbons (Fsp3) is 0.675. The van der Waals surface area contributed by atoms with Crippen molar-refractivity contribution in [2.24, 2.45) is 23.2 Å². The molecule has 0 amide bonds. The van der Waals surface area contributed by atoms with Gasteiger partial charge in [-0.3, -0.25) is 4.79 Å². The summed E-state index contributed by atoms with van der Waals surface area (Å²) < 4.78 is 0. The minimum atomic E-state index is -0.813. The molecule has 2 aromatic carbocycles. The van der Waals surface area contributed by atoms with Crippen LogP contribution in [0.5, 0.6) is 5.75 Å². The molecule has 5 N–H and O–H groups in total. The topological polar surface area (TPSA) is 104 Å². The van der Waals surface area contributed by atoms with Gasteiger partial charge in [0.15, 0.2) is 0 Å². The maximum Gasteiger partial charge on any atom is 0.307 e. The van der Waals surface area contributed by atoms with Crippen LogP contribution in [0.25, 0.3) is 0 Å². The van der Waals surface area contributed by atoms with Crippen LogP contribution < -0.4 is 5.73 Å². The molecule has 0 saturated heterocycles. The van der Waals surface area contributed by atoms with E-state index in [-0.39, 0.29) is 17.9 Å². The highest BCUT2D eigenvalue weighted by atomic mass is 16.4. The quantitative estimate of drug-likeness (QED) is 0.105. The molecule has 2 aromatic rings. The molecule has 2 saturated carbocycles. The van der Waals surface area contributed by atoms with Crippen molar-refractivity contribution in [1.29, 1.82) is 0 Å². The maximum absolute atomic E-state index is 11.5. The van der Waals surface area contributed by atoms with Gasteiger partial charge in [0.1, 0.15) is 5.75 Å². The highest BCUT2D eigenvalue weighted by Crippen LogP contribution is 2.62. The number of carboxylic acid groups (broad SMARTS) is 1. The molecule has 5 nitrogen and oxygen atoms in total. The number of aromatic hydroxyl groups is 1. The first-order valence-corrected chi connectivity index (χ1v) is 18.3. The van der Waals surface area contributed by atoms with Crippen molar-refractivity contribution in [2.75, 3.05) is 5.73 Å². The lowest BCUT2D eigenvalue weighted by Crippen LogP contribution is -2.44. The number of carboxylic acids is 1. The lowest BCUT2D eigenvalue weighted by atomic mass is 9.55. The number of fused-ring (bicyclic) bond motifs is 5. The maximum atomic E-state index is 11.5. The van der Waals surface area contributed by atoms with Crippen molar-refractivity contribution in [3.8, 4) is 5.75 Å². The monoisotopic (exact) mass is 617 g/mol. The third-order valence-corrected chi connectivity index (χ3v) is 12.0. The molecule has 3 aliphatic carbocycles. The SMILES string of the molecule is C[C@]12CC[C@@H]3c4ccc(O)cc4CC[C@H]3[C@@H]1C[C@H](CCCCCCCCCCCCCCc1cc(N)cc(CC(=O)O)c1)[C@@H]2O. The Morgan fingerprint density at radius 1 is 0.867 bits per heavy atom. The van der Waals surface area contributed by atoms with E-state index in [9.17, 15) is 15.0 Å². The van der Waals surface area contributed by atoms with Gasteiger partial charge in [-0.15, -0.1) is 0 Å². The van der Waals surface area contributed by atoms with Crippen molar-refractivity contribution < 1.29 is 20.1 Å². The van der Waals surface area contributed by atoms with E-state index in [1.54, 1.807) is 6.07 Å². The van der Waals surface area contributed by atoms with Gasteiger partial charge in [-0.2, -0.15) is 0 Å². The van der Waals surface area contributed by atoms with Crippen LogP contribution in [0.4, 0.5) is 5.69 Å². The number of aliphatic carboxylic acids is 1. The molecule has 0 aromatic heterocycles. The summed E-state index contributed by atoms with van der Waals surface area (Å²) in [5.74, 6) is 2.00. The number of hydrogen-bond acceptors (Lipinski definition) is 4. The number of nitrogens with two attached hydrogens (primary N) is 1. The van der Waals surface area contributed by atoms with Crippen LogP contribution >= 0.6 is 0 Å². The Morgan fingerprint density at radius 3 is 2.20 bits per heavy atom. The van der Waals surface area contributed by atoms with Gasteiger partial charge in [0.2, 0.25) is 0 Å². The van der Waals surface area contributed by atoms with Gasteiger partial charge < -0.3 is 21.1 Å². The molecule has 45 heavy (non-hydrogen) atoms. The summed E-state index contributed by atoms with van der Waals surface area (Å²) >= 11 is 0. The molecule has 2 fully saturated rings. The molecule has 6 atom stereocenters. The minimum absolute atomic E-state index is 0.0361. The number of benzene rings is 2. The zero-order valence-electron chi connectivity index (χ0n) is 27.8. The summed E-state index contributed by atoms with van der Waals surface area (Å²) in [5.41, 5.74) is 11.5. The number of aliphatic hydroxyl groups is 1. The predicted octanol–water partition coefficient (Wildman–Crippen LogP) is 9.36. The Hall–Kier alpha value is -2.53. The van der Waals surface area contributed by atoms with E-state index < -0.39 is 5.97 Å². The normalized spacial score (nSPS) is 27.1. The molecular weight excluding hydrogens is 558 g/mol. The average molecular weight is 618 g/mol. The predicted molar refractivity (Wildman–Crippen MR) is 184 cm³/mol. The van der Waals surface area contributed by atoms with Gasteiger partial charge in [-0.1, -0.05) is 89.7 Å². The molecule has 5 rings (SSSR count). The number of unbranched alkanes of at least 4 members (excludes halogenated alkanes) is 11. The Morgan fingerprint density at radius 2 is 1.51 bits per heavy atom. The summed E-state index contributed by atoms with van der Waals surface area (Å²) in [6, 6.07) is 11.8. The van der Waals surface area contributed by atoms with Crippen LogP contribution in [-0.4, -0.2) is 27.4 Å². The van der Waals surface area contributed by atoms with Crippen LogP contribution in [0.3, 0.4) is 0 Å². The van der Waals surface area contributed by atoms with Crippen molar-refractivity contribution in [3.05, 3.63) is 58.7 Å². The van der Waals surface area contributed by atoms with Gasteiger partial charge >= 0.3 is 5.97 Å². The molecule has 0 unspecified atom stereocenters. The van der Waals surface area contributed by atoms with E-state index in [2.05, 4.69) is 13.0 Å². The Kier molecular flexibility index (Phi) is 11.9. The summed E-state index contributed by atoms with van der Waals surface area (Å²) in [6.07, 6.45) is 23.4. The molecule has 3 aliphatic rings. The lowest BCUT2D eigenvalue weighted by molar-refractivity contribution is -0.136. The molecule has 5 heteroatoms. The number of phenols is 1. The van der Waals surface area contributed by atoms with Gasteiger partial charge in [-0.05, 0) is 127 Å². The van der Waals surface area contributed by atoms with Crippen LogP contribution in [-0.2, 0) is 24.1 Å². The zero-order chi connectivity index (χ0) is 31.8. The third-order valence-electron chi connectivity index (χ3n) is 12.0. The van der Waals surface area contributed by atoms with Crippen molar-refractivity contribution in [3.63, 3.8) is 0 Å². The van der Waals surface area contributed by atoms with Crippen molar-refractivity contribution in [1.82, 2.24) is 0 Å². The van der Waals surface area contributed by atoms with Crippen LogP contribution in [0.15, 0.2) is 36.4 Å². The number of rotatable bonds is 17. The average Bonchev–Trinajstić information content (AvgIpc) is 3.26. The van der Waals surface area contributed by atoms with Crippen LogP contribution in [0, 0.1) is 23.2 Å². The third kappa shape index (κ3) is 8.64. The molecular formula is C40H59NO4. The number of nitrogen functional groups attached to an aromatic ring is 1. The van der Waals surface area contributed by atoms with Gasteiger partial charge in [0.25, 0.3) is 0 Å². The number of anilines is 1. The van der Waals surface area contributed by atoms with Crippen molar-refractivity contribution >= 4 is 11.7 Å². The largest absolute Gasteiger partial charge is 0.508 e. The first-order valence-electron chi connectivity index (χ1n) is 18.3. The van der Waals surface area contributed by atoms with Crippen LogP contribution in [0.1, 0.15) is 144 Å². The van der Waals surface area contributed by atoms with E-state index in [4.69, 9.17) is 10.8 Å².